The fourth-order valence-corrected chi connectivity index (χ4v) is 1.93. The first-order valence-corrected chi connectivity index (χ1v) is 4.98. The second-order valence-electron chi connectivity index (χ2n) is 2.49. The van der Waals surface area contributed by atoms with Crippen LogP contribution in [0, 0.1) is 0 Å². The highest BCUT2D eigenvalue weighted by molar-refractivity contribution is 7.82. The Morgan fingerprint density at radius 1 is 1.82 bits per heavy atom. The van der Waals surface area contributed by atoms with E-state index in [9.17, 15) is 4.21 Å². The number of hydroxylamine groups is 1. The fourth-order valence-electron chi connectivity index (χ4n) is 0.865. The van der Waals surface area contributed by atoms with E-state index in [1.807, 2.05) is 6.92 Å². The van der Waals surface area contributed by atoms with E-state index in [1.165, 1.54) is 4.47 Å². The highest BCUT2D eigenvalue weighted by Crippen LogP contribution is 2.08. The number of β-amino-alcohol motifs (C(OH)–C–C–N with tert-alkyl or cyclic N) is 1. The first-order chi connectivity index (χ1) is 5.24. The van der Waals surface area contributed by atoms with Crippen LogP contribution in [0.5, 0.6) is 0 Å². The number of hydrogen-bond donors (Lipinski definition) is 1. The average Bonchev–Trinajstić information content (AvgIpc) is 2.36. The lowest BCUT2D eigenvalue weighted by molar-refractivity contribution is -0.0267. The van der Waals surface area contributed by atoms with E-state index in [1.54, 1.807) is 0 Å². The highest BCUT2D eigenvalue weighted by Gasteiger charge is 2.25. The van der Waals surface area contributed by atoms with Gasteiger partial charge in [-0.15, -0.1) is 4.47 Å². The molecule has 66 valence electrons. The maximum Gasteiger partial charge on any atom is 0.118 e. The Morgan fingerprint density at radius 3 is 3.00 bits per heavy atom. The summed E-state index contributed by atoms with van der Waals surface area (Å²) in [6, 6.07) is 0. The van der Waals surface area contributed by atoms with Crippen LogP contribution in [0.1, 0.15) is 13.3 Å². The molecule has 5 heteroatoms. The van der Waals surface area contributed by atoms with Crippen molar-refractivity contribution in [1.29, 1.82) is 0 Å². The molecule has 0 saturated carbocycles. The van der Waals surface area contributed by atoms with E-state index in [0.29, 0.717) is 12.3 Å². The lowest BCUT2D eigenvalue weighted by atomic mass is 10.4. The Morgan fingerprint density at radius 2 is 2.55 bits per heavy atom. The van der Waals surface area contributed by atoms with Gasteiger partial charge in [-0.3, -0.25) is 4.84 Å². The molecule has 0 amide bonds. The van der Waals surface area contributed by atoms with E-state index < -0.39 is 17.1 Å². The van der Waals surface area contributed by atoms with Crippen LogP contribution in [-0.4, -0.2) is 38.8 Å². The molecule has 0 spiro atoms. The number of aliphatic hydroxyl groups excluding tert-OH is 1. The lowest BCUT2D eigenvalue weighted by Gasteiger charge is -2.10. The molecule has 0 radical (unpaired) electrons. The standard InChI is InChI=1S/C6H13NO3S/c1-2-3-11(9)7-4-6(8)5-10-7/h6,8H,2-5H2,1H3/t6-,11?/m0/s1. The Balaban J connectivity index is 2.31. The van der Waals surface area contributed by atoms with Crippen LogP contribution in [0.25, 0.3) is 0 Å². The van der Waals surface area contributed by atoms with Gasteiger partial charge in [0, 0.05) is 5.75 Å². The molecule has 0 aliphatic carbocycles. The van der Waals surface area contributed by atoms with Crippen LogP contribution >= 0.6 is 0 Å². The number of aliphatic hydroxyl groups is 1. The van der Waals surface area contributed by atoms with E-state index in [2.05, 4.69) is 0 Å². The Kier molecular flexibility index (Phi) is 3.45. The van der Waals surface area contributed by atoms with Gasteiger partial charge < -0.3 is 5.11 Å². The van der Waals surface area contributed by atoms with Crippen molar-refractivity contribution in [3.05, 3.63) is 0 Å². The summed E-state index contributed by atoms with van der Waals surface area (Å²) >= 11 is 0. The highest BCUT2D eigenvalue weighted by atomic mass is 32.2. The van der Waals surface area contributed by atoms with Gasteiger partial charge in [0.2, 0.25) is 0 Å². The predicted octanol–water partition coefficient (Wildman–Crippen LogP) is -0.332. The van der Waals surface area contributed by atoms with Crippen LogP contribution in [-0.2, 0) is 15.8 Å². The van der Waals surface area contributed by atoms with Gasteiger partial charge in [0.25, 0.3) is 0 Å². The summed E-state index contributed by atoms with van der Waals surface area (Å²) in [6.07, 6.45) is 0.388. The van der Waals surface area contributed by atoms with Crippen molar-refractivity contribution in [3.63, 3.8) is 0 Å². The zero-order valence-corrected chi connectivity index (χ0v) is 7.34. The molecule has 0 aromatic rings. The Bertz CT molecular complexity index is 153. The average molecular weight is 179 g/mol. The molecule has 11 heavy (non-hydrogen) atoms. The topological polar surface area (TPSA) is 49.8 Å². The van der Waals surface area contributed by atoms with Gasteiger partial charge in [-0.2, -0.15) is 0 Å². The van der Waals surface area contributed by atoms with Gasteiger partial charge in [-0.1, -0.05) is 6.92 Å². The monoisotopic (exact) mass is 179 g/mol. The minimum atomic E-state index is -1.06. The van der Waals surface area contributed by atoms with E-state index >= 15 is 0 Å². The molecule has 0 bridgehead atoms. The molecule has 1 aliphatic rings. The molecule has 1 aliphatic heterocycles. The predicted molar refractivity (Wildman–Crippen MR) is 42.0 cm³/mol. The quantitative estimate of drug-likeness (QED) is 0.645. The molecule has 0 aromatic carbocycles. The van der Waals surface area contributed by atoms with Gasteiger partial charge in [0.15, 0.2) is 0 Å². The van der Waals surface area contributed by atoms with Crippen LogP contribution in [0.4, 0.5) is 0 Å². The zero-order valence-electron chi connectivity index (χ0n) is 6.52. The third-order valence-corrected chi connectivity index (χ3v) is 2.84. The largest absolute Gasteiger partial charge is 0.389 e. The minimum Gasteiger partial charge on any atom is -0.389 e. The van der Waals surface area contributed by atoms with E-state index in [4.69, 9.17) is 9.94 Å². The summed E-state index contributed by atoms with van der Waals surface area (Å²) in [5.74, 6) is 0.604. The smallest absolute Gasteiger partial charge is 0.118 e. The van der Waals surface area contributed by atoms with E-state index in [0.717, 1.165) is 6.42 Å². The van der Waals surface area contributed by atoms with Crippen molar-refractivity contribution in [1.82, 2.24) is 4.47 Å². The zero-order chi connectivity index (χ0) is 8.27. The maximum absolute atomic E-state index is 11.2. The second-order valence-corrected chi connectivity index (χ2v) is 3.95. The van der Waals surface area contributed by atoms with Crippen LogP contribution < -0.4 is 0 Å². The molecule has 0 aromatic heterocycles. The van der Waals surface area contributed by atoms with Crippen molar-refractivity contribution in [3.8, 4) is 0 Å². The third kappa shape index (κ3) is 2.52. The van der Waals surface area contributed by atoms with Crippen molar-refractivity contribution >= 4 is 11.0 Å². The maximum atomic E-state index is 11.2. The van der Waals surface area contributed by atoms with Crippen LogP contribution in [0.15, 0.2) is 0 Å². The van der Waals surface area contributed by atoms with Gasteiger partial charge >= 0.3 is 0 Å². The molecule has 1 unspecified atom stereocenters. The summed E-state index contributed by atoms with van der Waals surface area (Å²) in [5, 5.41) is 9.02. The fraction of sp³-hybridized carbons (Fsp3) is 1.00. The molecule has 1 N–H and O–H groups in total. The van der Waals surface area contributed by atoms with Crippen LogP contribution in [0.2, 0.25) is 0 Å². The Labute approximate surface area is 68.7 Å². The minimum absolute atomic E-state index is 0.273. The molecular weight excluding hydrogens is 166 g/mol. The van der Waals surface area contributed by atoms with Crippen molar-refractivity contribution in [2.24, 2.45) is 0 Å². The normalized spacial score (nSPS) is 29.1. The van der Waals surface area contributed by atoms with Crippen molar-refractivity contribution in [2.45, 2.75) is 19.4 Å². The van der Waals surface area contributed by atoms with Gasteiger partial charge in [-0.05, 0) is 6.42 Å². The molecule has 1 rings (SSSR count). The summed E-state index contributed by atoms with van der Waals surface area (Å²) in [4.78, 5) is 4.96. The molecular formula is C6H13NO3S. The molecule has 1 heterocycles. The summed E-state index contributed by atoms with van der Waals surface area (Å²) < 4.78 is 12.5. The van der Waals surface area contributed by atoms with Gasteiger partial charge in [0.1, 0.15) is 11.0 Å². The van der Waals surface area contributed by atoms with E-state index in [-0.39, 0.29) is 6.61 Å². The molecule has 2 atom stereocenters. The molecule has 1 saturated heterocycles. The summed E-state index contributed by atoms with van der Waals surface area (Å²) in [6.45, 7) is 2.60. The number of hydrogen-bond acceptors (Lipinski definition) is 3. The summed E-state index contributed by atoms with van der Waals surface area (Å²) in [5.41, 5.74) is 0. The molecule has 1 fully saturated rings. The second kappa shape index (κ2) is 4.15. The summed E-state index contributed by atoms with van der Waals surface area (Å²) in [7, 11) is -1.06. The molecule has 4 nitrogen and oxygen atoms in total. The lowest BCUT2D eigenvalue weighted by Crippen LogP contribution is -2.25. The van der Waals surface area contributed by atoms with Gasteiger partial charge in [-0.25, -0.2) is 4.21 Å². The van der Waals surface area contributed by atoms with Crippen molar-refractivity contribution < 1.29 is 14.2 Å². The van der Waals surface area contributed by atoms with Crippen LogP contribution in [0.3, 0.4) is 0 Å². The SMILES string of the molecule is CCCS(=O)N1C[C@H](O)CO1. The Hall–Kier alpha value is 0.0300. The first kappa shape index (κ1) is 9.12. The number of rotatable bonds is 3. The number of nitrogens with zero attached hydrogens (tertiary/aromatic N) is 1. The third-order valence-electron chi connectivity index (χ3n) is 1.38. The van der Waals surface area contributed by atoms with Crippen molar-refractivity contribution in [2.75, 3.05) is 18.9 Å². The van der Waals surface area contributed by atoms with Gasteiger partial charge in [0.05, 0.1) is 19.3 Å². The first-order valence-electron chi connectivity index (χ1n) is 3.71.